The number of hydrogen-bond donors (Lipinski definition) is 2. The fourth-order valence-electron chi connectivity index (χ4n) is 1.91. The number of nitrogens with two attached hydrogens (primary N) is 1. The number of hydrogen-bond acceptors (Lipinski definition) is 8. The van der Waals surface area contributed by atoms with Gasteiger partial charge in [-0.15, -0.1) is 0 Å². The van der Waals surface area contributed by atoms with Gasteiger partial charge in [0.05, 0.1) is 18.8 Å². The molecule has 0 aromatic heterocycles. The zero-order chi connectivity index (χ0) is 16.8. The van der Waals surface area contributed by atoms with E-state index in [1.165, 1.54) is 23.9 Å². The summed E-state index contributed by atoms with van der Waals surface area (Å²) in [4.78, 5) is 23.7. The Bertz CT molecular complexity index is 584. The van der Waals surface area contributed by atoms with E-state index in [4.69, 9.17) is 15.2 Å². The van der Waals surface area contributed by atoms with Crippen LogP contribution in [0.4, 0.5) is 5.69 Å². The van der Waals surface area contributed by atoms with E-state index in [-0.39, 0.29) is 19.2 Å². The van der Waals surface area contributed by atoms with Crippen molar-refractivity contribution >= 4 is 29.3 Å². The van der Waals surface area contributed by atoms with Crippen molar-refractivity contribution in [1.82, 2.24) is 5.43 Å². The number of rotatable bonds is 7. The van der Waals surface area contributed by atoms with E-state index in [1.54, 1.807) is 18.2 Å². The second-order valence-electron chi connectivity index (χ2n) is 4.74. The van der Waals surface area contributed by atoms with Gasteiger partial charge in [0.15, 0.2) is 11.5 Å². The molecule has 1 aliphatic rings. The average molecular weight is 341 g/mol. The number of fused-ring (bicyclic) bond motifs is 1. The maximum Gasteiger partial charge on any atom is 0.327 e. The lowest BCUT2D eigenvalue weighted by atomic mass is 10.2. The summed E-state index contributed by atoms with van der Waals surface area (Å²) in [6.07, 6.45) is 1.86. The third-order valence-corrected chi connectivity index (χ3v) is 3.80. The molecule has 0 unspecified atom stereocenters. The Labute approximate surface area is 138 Å². The van der Waals surface area contributed by atoms with Gasteiger partial charge >= 0.3 is 5.97 Å². The molecule has 1 heterocycles. The Morgan fingerprint density at radius 3 is 2.87 bits per heavy atom. The first-order valence-corrected chi connectivity index (χ1v) is 8.23. The van der Waals surface area contributed by atoms with Gasteiger partial charge in [0.2, 0.25) is 6.79 Å². The fraction of sp³-hybridized carbons (Fsp3) is 0.429. The highest BCUT2D eigenvalue weighted by Gasteiger charge is 2.21. The number of carbonyl (C=O) groups is 2. The molecule has 0 fully saturated rings. The Morgan fingerprint density at radius 1 is 1.43 bits per heavy atom. The Balaban J connectivity index is 2.16. The summed E-state index contributed by atoms with van der Waals surface area (Å²) in [6.45, 7) is -0.0192. The molecule has 1 atom stereocenters. The van der Waals surface area contributed by atoms with Gasteiger partial charge in [-0.2, -0.15) is 11.8 Å². The van der Waals surface area contributed by atoms with Gasteiger partial charge in [-0.25, -0.2) is 0 Å². The van der Waals surface area contributed by atoms with E-state index in [1.807, 2.05) is 6.26 Å². The van der Waals surface area contributed by atoms with Crippen LogP contribution in [0.5, 0.6) is 11.5 Å². The lowest BCUT2D eigenvalue weighted by Crippen LogP contribution is -2.52. The van der Waals surface area contributed by atoms with Gasteiger partial charge in [0.1, 0.15) is 6.54 Å². The average Bonchev–Trinajstić information content (AvgIpc) is 3.01. The number of ether oxygens (including phenoxy) is 3. The van der Waals surface area contributed by atoms with Crippen molar-refractivity contribution in [1.29, 1.82) is 0 Å². The molecule has 9 heteroatoms. The molecule has 1 aliphatic heterocycles. The van der Waals surface area contributed by atoms with Gasteiger partial charge in [-0.3, -0.25) is 20.0 Å². The molecule has 8 nitrogen and oxygen atoms in total. The standard InChI is InChI=1S/C14H19N3O5S/c1-20-13(18)6-17(16-14(19)10(15)7-23-2)9-3-4-11-12(5-9)22-8-21-11/h3-5,10H,6-8,15H2,1-2H3,(H,16,19)/t10-/m0/s1. The molecule has 1 amide bonds. The summed E-state index contributed by atoms with van der Waals surface area (Å²) in [5, 5.41) is 1.37. The van der Waals surface area contributed by atoms with Gasteiger partial charge in [-0.1, -0.05) is 0 Å². The molecule has 2 rings (SSSR count). The maximum absolute atomic E-state index is 12.1. The highest BCUT2D eigenvalue weighted by molar-refractivity contribution is 7.98. The van der Waals surface area contributed by atoms with Crippen LogP contribution in [0.15, 0.2) is 18.2 Å². The van der Waals surface area contributed by atoms with Crippen molar-refractivity contribution in [3.8, 4) is 11.5 Å². The second kappa shape index (κ2) is 7.93. The van der Waals surface area contributed by atoms with E-state index in [0.29, 0.717) is 22.9 Å². The molecule has 23 heavy (non-hydrogen) atoms. The first kappa shape index (κ1) is 17.2. The van der Waals surface area contributed by atoms with E-state index >= 15 is 0 Å². The normalized spacial score (nSPS) is 13.3. The number of nitrogens with zero attached hydrogens (tertiary/aromatic N) is 1. The first-order chi connectivity index (χ1) is 11.0. The lowest BCUT2D eigenvalue weighted by molar-refractivity contribution is -0.139. The quantitative estimate of drug-likeness (QED) is 0.532. The number of anilines is 1. The van der Waals surface area contributed by atoms with Crippen molar-refractivity contribution < 1.29 is 23.8 Å². The van der Waals surface area contributed by atoms with Gasteiger partial charge in [-0.05, 0) is 18.4 Å². The molecule has 0 saturated heterocycles. The summed E-state index contributed by atoms with van der Waals surface area (Å²) >= 11 is 1.46. The Kier molecular flexibility index (Phi) is 5.94. The number of hydrazine groups is 1. The summed E-state index contributed by atoms with van der Waals surface area (Å²) in [5.41, 5.74) is 8.98. The van der Waals surface area contributed by atoms with Gasteiger partial charge in [0.25, 0.3) is 5.91 Å². The van der Waals surface area contributed by atoms with Crippen LogP contribution in [0.2, 0.25) is 0 Å². The number of carbonyl (C=O) groups excluding carboxylic acids is 2. The third-order valence-electron chi connectivity index (χ3n) is 3.11. The van der Waals surface area contributed by atoms with Crippen LogP contribution in [0.1, 0.15) is 0 Å². The van der Waals surface area contributed by atoms with Crippen LogP contribution in [0.25, 0.3) is 0 Å². The molecule has 3 N–H and O–H groups in total. The molecule has 0 bridgehead atoms. The van der Waals surface area contributed by atoms with Crippen molar-refractivity contribution in [3.63, 3.8) is 0 Å². The highest BCUT2D eigenvalue weighted by atomic mass is 32.2. The van der Waals surface area contributed by atoms with Crippen molar-refractivity contribution in [2.75, 3.05) is 37.5 Å². The zero-order valence-electron chi connectivity index (χ0n) is 12.9. The lowest BCUT2D eigenvalue weighted by Gasteiger charge is -2.25. The van der Waals surface area contributed by atoms with Crippen LogP contribution in [-0.2, 0) is 14.3 Å². The number of nitrogens with one attached hydrogen (secondary N) is 1. The SMILES string of the molecule is COC(=O)CN(NC(=O)[C@@H](N)CSC)c1ccc2c(c1)OCO2. The minimum absolute atomic E-state index is 0.140. The largest absolute Gasteiger partial charge is 0.468 e. The third kappa shape index (κ3) is 4.42. The van der Waals surface area contributed by atoms with Gasteiger partial charge < -0.3 is 19.9 Å². The van der Waals surface area contributed by atoms with Crippen LogP contribution in [0, 0.1) is 0 Å². The first-order valence-electron chi connectivity index (χ1n) is 6.84. The van der Waals surface area contributed by atoms with E-state index in [0.717, 1.165) is 0 Å². The number of thioether (sulfide) groups is 1. The Hall–Kier alpha value is -2.13. The number of benzene rings is 1. The zero-order valence-corrected chi connectivity index (χ0v) is 13.7. The maximum atomic E-state index is 12.1. The monoisotopic (exact) mass is 341 g/mol. The number of methoxy groups -OCH3 is 1. The minimum atomic E-state index is -0.681. The summed E-state index contributed by atoms with van der Waals surface area (Å²) in [6, 6.07) is 4.40. The minimum Gasteiger partial charge on any atom is -0.468 e. The van der Waals surface area contributed by atoms with E-state index in [2.05, 4.69) is 10.2 Å². The van der Waals surface area contributed by atoms with Gasteiger partial charge in [0, 0.05) is 11.8 Å². The van der Waals surface area contributed by atoms with E-state index < -0.39 is 12.0 Å². The topological polar surface area (TPSA) is 103 Å². The Morgan fingerprint density at radius 2 is 2.17 bits per heavy atom. The molecule has 0 spiro atoms. The molecule has 0 aliphatic carbocycles. The number of amides is 1. The van der Waals surface area contributed by atoms with Crippen LogP contribution in [0.3, 0.4) is 0 Å². The molecule has 1 aromatic rings. The van der Waals surface area contributed by atoms with Crippen LogP contribution in [-0.4, -0.2) is 50.4 Å². The predicted octanol–water partition coefficient (Wildman–Crippen LogP) is 0.116. The van der Waals surface area contributed by atoms with Crippen LogP contribution >= 0.6 is 11.8 Å². The van der Waals surface area contributed by atoms with Crippen LogP contribution < -0.4 is 25.6 Å². The highest BCUT2D eigenvalue weighted by Crippen LogP contribution is 2.35. The molecule has 0 radical (unpaired) electrons. The fourth-order valence-corrected chi connectivity index (χ4v) is 2.42. The van der Waals surface area contributed by atoms with Crippen molar-refractivity contribution in [2.45, 2.75) is 6.04 Å². The molecule has 126 valence electrons. The summed E-state index contributed by atoms with van der Waals surface area (Å²) < 4.78 is 15.2. The molecule has 1 aromatic carbocycles. The summed E-state index contributed by atoms with van der Waals surface area (Å²) in [7, 11) is 1.28. The smallest absolute Gasteiger partial charge is 0.327 e. The molecular weight excluding hydrogens is 322 g/mol. The van der Waals surface area contributed by atoms with E-state index in [9.17, 15) is 9.59 Å². The van der Waals surface area contributed by atoms with Crippen molar-refractivity contribution in [3.05, 3.63) is 18.2 Å². The second-order valence-corrected chi connectivity index (χ2v) is 5.65. The molecular formula is C14H19N3O5S. The predicted molar refractivity (Wildman–Crippen MR) is 86.4 cm³/mol. The van der Waals surface area contributed by atoms with Crippen molar-refractivity contribution in [2.24, 2.45) is 5.73 Å². The summed E-state index contributed by atoms with van der Waals surface area (Å²) in [5.74, 6) is 0.735. The molecule has 0 saturated carbocycles. The number of esters is 1.